The minimum absolute atomic E-state index is 0.0703. The maximum atomic E-state index is 13.6. The maximum absolute atomic E-state index is 13.6. The van der Waals surface area contributed by atoms with Crippen molar-refractivity contribution in [3.8, 4) is 5.75 Å². The quantitative estimate of drug-likeness (QED) is 0.922. The molecule has 1 unspecified atom stereocenters. The number of benzene rings is 1. The molecule has 110 valence electrons. The predicted molar refractivity (Wildman–Crippen MR) is 76.5 cm³/mol. The van der Waals surface area contributed by atoms with Crippen molar-refractivity contribution in [1.82, 2.24) is 4.90 Å². The highest BCUT2D eigenvalue weighted by Gasteiger charge is 2.22. The second-order valence-corrected chi connectivity index (χ2v) is 5.10. The van der Waals surface area contributed by atoms with E-state index in [-0.39, 0.29) is 17.7 Å². The molecule has 1 aromatic rings. The van der Waals surface area contributed by atoms with Crippen molar-refractivity contribution < 1.29 is 13.9 Å². The van der Waals surface area contributed by atoms with Gasteiger partial charge in [0.2, 0.25) is 5.91 Å². The van der Waals surface area contributed by atoms with Gasteiger partial charge < -0.3 is 15.0 Å². The van der Waals surface area contributed by atoms with Crippen LogP contribution >= 0.6 is 0 Å². The lowest BCUT2D eigenvalue weighted by molar-refractivity contribution is -0.132. The standard InChI is InChI=1S/C15H21FN2O2/c1-11(15(19)18-8-4-3-5-9-18)17-12-6-7-14(20-2)13(16)10-12/h6-7,10-11,17H,3-5,8-9H2,1-2H3. The molecule has 0 aliphatic carbocycles. The zero-order valence-electron chi connectivity index (χ0n) is 12.0. The number of hydrogen-bond donors (Lipinski definition) is 1. The van der Waals surface area contributed by atoms with E-state index in [1.54, 1.807) is 19.1 Å². The average Bonchev–Trinajstić information content (AvgIpc) is 2.47. The first-order chi connectivity index (χ1) is 9.61. The average molecular weight is 280 g/mol. The molecule has 0 aromatic heterocycles. The number of halogens is 1. The Morgan fingerprint density at radius 3 is 2.65 bits per heavy atom. The van der Waals surface area contributed by atoms with E-state index in [9.17, 15) is 9.18 Å². The number of ether oxygens (including phenoxy) is 1. The molecule has 1 heterocycles. The Labute approximate surface area is 118 Å². The minimum Gasteiger partial charge on any atom is -0.494 e. The van der Waals surface area contributed by atoms with Crippen LogP contribution in [-0.4, -0.2) is 37.0 Å². The molecule has 1 N–H and O–H groups in total. The molecule has 1 saturated heterocycles. The first-order valence-electron chi connectivity index (χ1n) is 7.00. The molecule has 1 amide bonds. The Morgan fingerprint density at radius 1 is 1.35 bits per heavy atom. The zero-order chi connectivity index (χ0) is 14.5. The van der Waals surface area contributed by atoms with Gasteiger partial charge in [-0.1, -0.05) is 0 Å². The lowest BCUT2D eigenvalue weighted by atomic mass is 10.1. The normalized spacial score (nSPS) is 16.6. The molecule has 2 rings (SSSR count). The molecular weight excluding hydrogens is 259 g/mol. The molecule has 0 saturated carbocycles. The highest BCUT2D eigenvalue weighted by atomic mass is 19.1. The number of amides is 1. The van der Waals surface area contributed by atoms with Gasteiger partial charge in [0.1, 0.15) is 6.04 Å². The molecule has 20 heavy (non-hydrogen) atoms. The molecule has 1 aromatic carbocycles. The van der Waals surface area contributed by atoms with E-state index in [4.69, 9.17) is 4.74 Å². The van der Waals surface area contributed by atoms with Crippen molar-refractivity contribution in [1.29, 1.82) is 0 Å². The fraction of sp³-hybridized carbons (Fsp3) is 0.533. The van der Waals surface area contributed by atoms with Crippen molar-refractivity contribution in [2.45, 2.75) is 32.2 Å². The Morgan fingerprint density at radius 2 is 2.05 bits per heavy atom. The summed E-state index contributed by atoms with van der Waals surface area (Å²) in [4.78, 5) is 14.1. The summed E-state index contributed by atoms with van der Waals surface area (Å²) in [7, 11) is 1.42. The number of nitrogens with one attached hydrogen (secondary N) is 1. The van der Waals surface area contributed by atoms with Crippen LogP contribution in [0.2, 0.25) is 0 Å². The fourth-order valence-electron chi connectivity index (χ4n) is 2.46. The largest absolute Gasteiger partial charge is 0.494 e. The number of piperidine rings is 1. The number of carbonyl (C=O) groups is 1. The van der Waals surface area contributed by atoms with E-state index < -0.39 is 5.82 Å². The summed E-state index contributed by atoms with van der Waals surface area (Å²) >= 11 is 0. The van der Waals surface area contributed by atoms with Crippen molar-refractivity contribution in [2.24, 2.45) is 0 Å². The van der Waals surface area contributed by atoms with E-state index >= 15 is 0 Å². The topological polar surface area (TPSA) is 41.6 Å². The highest BCUT2D eigenvalue weighted by molar-refractivity contribution is 5.84. The van der Waals surface area contributed by atoms with Gasteiger partial charge in [-0.3, -0.25) is 4.79 Å². The molecule has 1 atom stereocenters. The van der Waals surface area contributed by atoms with E-state index in [1.807, 2.05) is 4.90 Å². The number of likely N-dealkylation sites (tertiary alicyclic amines) is 1. The number of methoxy groups -OCH3 is 1. The SMILES string of the molecule is COc1ccc(NC(C)C(=O)N2CCCCC2)cc1F. The number of nitrogens with zero attached hydrogens (tertiary/aromatic N) is 1. The Balaban J connectivity index is 1.98. The Kier molecular flexibility index (Phi) is 4.82. The summed E-state index contributed by atoms with van der Waals surface area (Å²) in [6, 6.07) is 4.25. The number of carbonyl (C=O) groups excluding carboxylic acids is 1. The fourth-order valence-corrected chi connectivity index (χ4v) is 2.46. The first-order valence-corrected chi connectivity index (χ1v) is 7.00. The van der Waals surface area contributed by atoms with Crippen LogP contribution in [0.3, 0.4) is 0 Å². The van der Waals surface area contributed by atoms with Crippen LogP contribution in [0.5, 0.6) is 5.75 Å². The summed E-state index contributed by atoms with van der Waals surface area (Å²) in [5.74, 6) is -0.165. The second kappa shape index (κ2) is 6.59. The van der Waals surface area contributed by atoms with E-state index in [0.717, 1.165) is 25.9 Å². The highest BCUT2D eigenvalue weighted by Crippen LogP contribution is 2.21. The van der Waals surface area contributed by atoms with Crippen molar-refractivity contribution in [3.05, 3.63) is 24.0 Å². The van der Waals surface area contributed by atoms with Gasteiger partial charge in [0.25, 0.3) is 0 Å². The molecule has 1 fully saturated rings. The smallest absolute Gasteiger partial charge is 0.244 e. The number of anilines is 1. The van der Waals surface area contributed by atoms with Crippen LogP contribution in [0.4, 0.5) is 10.1 Å². The summed E-state index contributed by atoms with van der Waals surface area (Å²) < 4.78 is 18.5. The molecule has 0 spiro atoms. The van der Waals surface area contributed by atoms with Crippen LogP contribution in [-0.2, 0) is 4.79 Å². The van der Waals surface area contributed by atoms with Crippen LogP contribution in [0.1, 0.15) is 26.2 Å². The van der Waals surface area contributed by atoms with Gasteiger partial charge in [0, 0.05) is 24.8 Å². The summed E-state index contributed by atoms with van der Waals surface area (Å²) in [5.41, 5.74) is 0.584. The van der Waals surface area contributed by atoms with Gasteiger partial charge >= 0.3 is 0 Å². The second-order valence-electron chi connectivity index (χ2n) is 5.10. The predicted octanol–water partition coefficient (Wildman–Crippen LogP) is 2.65. The van der Waals surface area contributed by atoms with E-state index in [2.05, 4.69) is 5.32 Å². The monoisotopic (exact) mass is 280 g/mol. The summed E-state index contributed by atoms with van der Waals surface area (Å²) in [5, 5.41) is 3.04. The van der Waals surface area contributed by atoms with E-state index in [0.29, 0.717) is 5.69 Å². The number of hydrogen-bond acceptors (Lipinski definition) is 3. The minimum atomic E-state index is -0.435. The molecule has 1 aliphatic heterocycles. The van der Waals surface area contributed by atoms with Gasteiger partial charge in [0.15, 0.2) is 11.6 Å². The first kappa shape index (κ1) is 14.6. The van der Waals surface area contributed by atoms with Gasteiger partial charge in [-0.2, -0.15) is 0 Å². The van der Waals surface area contributed by atoms with Gasteiger partial charge in [-0.05, 0) is 38.3 Å². The molecule has 0 radical (unpaired) electrons. The van der Waals surface area contributed by atoms with Gasteiger partial charge in [-0.25, -0.2) is 4.39 Å². The van der Waals surface area contributed by atoms with Crippen LogP contribution < -0.4 is 10.1 Å². The van der Waals surface area contributed by atoms with Crippen molar-refractivity contribution in [2.75, 3.05) is 25.5 Å². The maximum Gasteiger partial charge on any atom is 0.244 e. The third kappa shape index (κ3) is 3.40. The molecule has 0 bridgehead atoms. The van der Waals surface area contributed by atoms with E-state index in [1.165, 1.54) is 19.6 Å². The van der Waals surface area contributed by atoms with Crippen LogP contribution in [0, 0.1) is 5.82 Å². The van der Waals surface area contributed by atoms with Gasteiger partial charge in [-0.15, -0.1) is 0 Å². The third-order valence-corrected chi connectivity index (χ3v) is 3.57. The lowest BCUT2D eigenvalue weighted by Gasteiger charge is -2.29. The lowest BCUT2D eigenvalue weighted by Crippen LogP contribution is -2.43. The van der Waals surface area contributed by atoms with Crippen molar-refractivity contribution in [3.63, 3.8) is 0 Å². The zero-order valence-corrected chi connectivity index (χ0v) is 12.0. The van der Waals surface area contributed by atoms with Crippen molar-refractivity contribution >= 4 is 11.6 Å². The molecule has 4 nitrogen and oxygen atoms in total. The molecule has 5 heteroatoms. The summed E-state index contributed by atoms with van der Waals surface area (Å²) in [6.07, 6.45) is 3.32. The summed E-state index contributed by atoms with van der Waals surface area (Å²) in [6.45, 7) is 3.45. The Hall–Kier alpha value is -1.78. The van der Waals surface area contributed by atoms with Gasteiger partial charge in [0.05, 0.1) is 7.11 Å². The van der Waals surface area contributed by atoms with Crippen LogP contribution in [0.15, 0.2) is 18.2 Å². The Bertz CT molecular complexity index is 473. The third-order valence-electron chi connectivity index (χ3n) is 3.57. The van der Waals surface area contributed by atoms with Crippen LogP contribution in [0.25, 0.3) is 0 Å². The molecular formula is C15H21FN2O2. The molecule has 1 aliphatic rings. The number of rotatable bonds is 4.